The molecule has 8 nitrogen and oxygen atoms in total. The molecule has 1 aliphatic carbocycles. The molecule has 1 unspecified atom stereocenters. The number of amides is 1. The highest BCUT2D eigenvalue weighted by molar-refractivity contribution is 5.70. The molecule has 3 heterocycles. The Balaban J connectivity index is 1.08. The molecule has 1 atom stereocenters. The number of methoxy groups -OCH3 is 1. The lowest BCUT2D eigenvalue weighted by molar-refractivity contribution is -0.140. The number of piperazine rings is 1. The average Bonchev–Trinajstić information content (AvgIpc) is 3.23. The number of esters is 1. The fraction of sp³-hybridized carbons (Fsp3) is 0.923. The Morgan fingerprint density at radius 3 is 2.35 bits per heavy atom. The summed E-state index contributed by atoms with van der Waals surface area (Å²) in [4.78, 5) is 33.2. The first-order valence-corrected chi connectivity index (χ1v) is 13.8. The second-order valence-electron chi connectivity index (χ2n) is 10.8. The molecule has 0 radical (unpaired) electrons. The van der Waals surface area contributed by atoms with Crippen LogP contribution in [0, 0.1) is 5.92 Å². The number of rotatable bonds is 10. The van der Waals surface area contributed by atoms with Gasteiger partial charge in [-0.1, -0.05) is 19.3 Å². The molecule has 4 fully saturated rings. The molecule has 0 bridgehead atoms. The summed E-state index contributed by atoms with van der Waals surface area (Å²) in [6, 6.07) is 0.839. The maximum absolute atomic E-state index is 12.4. The van der Waals surface area contributed by atoms with Gasteiger partial charge in [0.05, 0.1) is 13.7 Å². The van der Waals surface area contributed by atoms with E-state index in [1.54, 1.807) is 0 Å². The van der Waals surface area contributed by atoms with Crippen molar-refractivity contribution in [3.05, 3.63) is 0 Å². The van der Waals surface area contributed by atoms with Gasteiger partial charge in [0.25, 0.3) is 0 Å². The standard InChI is InChI=1S/C26H46N4O4/c1-33-25(31)8-5-12-27-16-18-28(19-17-27)20-24-21-30(26(32)34-24)15-11-22-9-13-29(14-10-22)23-6-3-2-4-7-23/h22-24H,2-21H2,1H3. The third-order valence-corrected chi connectivity index (χ3v) is 8.51. The van der Waals surface area contributed by atoms with Gasteiger partial charge in [-0.25, -0.2) is 4.79 Å². The SMILES string of the molecule is COC(=O)CCCN1CCN(CC2CN(CCC3CCN(C4CCCCC4)CC3)C(=O)O2)CC1. The normalized spacial score (nSPS) is 26.7. The molecule has 0 aromatic heterocycles. The molecule has 4 rings (SSSR count). The first kappa shape index (κ1) is 25.7. The van der Waals surface area contributed by atoms with Gasteiger partial charge >= 0.3 is 12.1 Å². The highest BCUT2D eigenvalue weighted by Crippen LogP contribution is 2.28. The number of nitrogens with zero attached hydrogens (tertiary/aromatic N) is 4. The second-order valence-corrected chi connectivity index (χ2v) is 10.8. The largest absolute Gasteiger partial charge is 0.469 e. The minimum absolute atomic E-state index is 0.00785. The van der Waals surface area contributed by atoms with Crippen LogP contribution in [0.4, 0.5) is 4.79 Å². The third-order valence-electron chi connectivity index (χ3n) is 8.51. The fourth-order valence-corrected chi connectivity index (χ4v) is 6.28. The quantitative estimate of drug-likeness (QED) is 0.447. The minimum Gasteiger partial charge on any atom is -0.469 e. The van der Waals surface area contributed by atoms with Crippen molar-refractivity contribution in [3.8, 4) is 0 Å². The smallest absolute Gasteiger partial charge is 0.410 e. The van der Waals surface area contributed by atoms with E-state index in [0.717, 1.165) is 77.2 Å². The Labute approximate surface area is 205 Å². The van der Waals surface area contributed by atoms with Crippen molar-refractivity contribution in [3.63, 3.8) is 0 Å². The molecule has 1 amide bonds. The molecular weight excluding hydrogens is 432 g/mol. The van der Waals surface area contributed by atoms with Gasteiger partial charge in [-0.2, -0.15) is 0 Å². The summed E-state index contributed by atoms with van der Waals surface area (Å²) in [5, 5.41) is 0. The molecule has 34 heavy (non-hydrogen) atoms. The molecule has 0 spiro atoms. The van der Waals surface area contributed by atoms with E-state index in [-0.39, 0.29) is 18.2 Å². The van der Waals surface area contributed by atoms with E-state index < -0.39 is 0 Å². The number of cyclic esters (lactones) is 1. The van der Waals surface area contributed by atoms with Crippen molar-refractivity contribution in [2.24, 2.45) is 5.92 Å². The minimum atomic E-state index is -0.129. The van der Waals surface area contributed by atoms with Crippen molar-refractivity contribution in [1.29, 1.82) is 0 Å². The van der Waals surface area contributed by atoms with Crippen LogP contribution in [0.5, 0.6) is 0 Å². The van der Waals surface area contributed by atoms with Crippen molar-refractivity contribution in [2.75, 3.05) is 72.6 Å². The Bertz CT molecular complexity index is 641. The molecular formula is C26H46N4O4. The molecule has 0 aromatic carbocycles. The summed E-state index contributed by atoms with van der Waals surface area (Å²) in [6.45, 7) is 9.84. The Morgan fingerprint density at radius 2 is 1.65 bits per heavy atom. The van der Waals surface area contributed by atoms with E-state index in [1.165, 1.54) is 65.1 Å². The van der Waals surface area contributed by atoms with Crippen LogP contribution in [-0.4, -0.2) is 116 Å². The molecule has 8 heteroatoms. The van der Waals surface area contributed by atoms with Crippen LogP contribution in [0.25, 0.3) is 0 Å². The Hall–Kier alpha value is -1.38. The monoisotopic (exact) mass is 478 g/mol. The second kappa shape index (κ2) is 13.1. The van der Waals surface area contributed by atoms with Gasteiger partial charge in [0.1, 0.15) is 6.10 Å². The van der Waals surface area contributed by atoms with Crippen molar-refractivity contribution < 1.29 is 19.1 Å². The van der Waals surface area contributed by atoms with E-state index in [1.807, 2.05) is 4.90 Å². The summed E-state index contributed by atoms with van der Waals surface area (Å²) in [7, 11) is 1.44. The summed E-state index contributed by atoms with van der Waals surface area (Å²) in [6.07, 6.45) is 11.9. The topological polar surface area (TPSA) is 65.6 Å². The molecule has 3 saturated heterocycles. The molecule has 1 saturated carbocycles. The third kappa shape index (κ3) is 7.56. The number of likely N-dealkylation sites (tertiary alicyclic amines) is 1. The molecule has 194 valence electrons. The van der Waals surface area contributed by atoms with Gasteiger partial charge in [0.2, 0.25) is 0 Å². The van der Waals surface area contributed by atoms with Crippen LogP contribution in [0.1, 0.15) is 64.2 Å². The van der Waals surface area contributed by atoms with E-state index in [2.05, 4.69) is 14.7 Å². The van der Waals surface area contributed by atoms with Crippen LogP contribution < -0.4 is 0 Å². The van der Waals surface area contributed by atoms with Gasteiger partial charge < -0.3 is 24.2 Å². The number of carbonyl (C=O) groups is 2. The predicted octanol–water partition coefficient (Wildman–Crippen LogP) is 2.81. The molecule has 0 N–H and O–H groups in total. The van der Waals surface area contributed by atoms with E-state index in [9.17, 15) is 9.59 Å². The zero-order valence-electron chi connectivity index (χ0n) is 21.3. The van der Waals surface area contributed by atoms with Crippen LogP contribution in [0.3, 0.4) is 0 Å². The summed E-state index contributed by atoms with van der Waals surface area (Å²) >= 11 is 0. The highest BCUT2D eigenvalue weighted by Gasteiger charge is 2.34. The molecule has 3 aliphatic heterocycles. The molecule has 4 aliphatic rings. The van der Waals surface area contributed by atoms with Gasteiger partial charge in [0.15, 0.2) is 0 Å². The number of ether oxygens (including phenoxy) is 2. The van der Waals surface area contributed by atoms with Crippen molar-refractivity contribution in [1.82, 2.24) is 19.6 Å². The predicted molar refractivity (Wildman–Crippen MR) is 132 cm³/mol. The van der Waals surface area contributed by atoms with Crippen LogP contribution in [0.2, 0.25) is 0 Å². The lowest BCUT2D eigenvalue weighted by Gasteiger charge is -2.39. The summed E-state index contributed by atoms with van der Waals surface area (Å²) in [5.41, 5.74) is 0. The van der Waals surface area contributed by atoms with Gasteiger partial charge in [0, 0.05) is 51.7 Å². The van der Waals surface area contributed by atoms with Gasteiger partial charge in [-0.05, 0) is 64.1 Å². The van der Waals surface area contributed by atoms with Crippen LogP contribution in [-0.2, 0) is 14.3 Å². The Morgan fingerprint density at radius 1 is 0.941 bits per heavy atom. The zero-order chi connectivity index (χ0) is 23.8. The summed E-state index contributed by atoms with van der Waals surface area (Å²) < 4.78 is 10.4. The van der Waals surface area contributed by atoms with Crippen molar-refractivity contribution >= 4 is 12.1 Å². The average molecular weight is 479 g/mol. The first-order valence-electron chi connectivity index (χ1n) is 13.8. The van der Waals surface area contributed by atoms with E-state index in [0.29, 0.717) is 6.42 Å². The Kier molecular flexibility index (Phi) is 9.88. The maximum atomic E-state index is 12.4. The number of piperidine rings is 1. The lowest BCUT2D eigenvalue weighted by atomic mass is 9.89. The van der Waals surface area contributed by atoms with E-state index in [4.69, 9.17) is 9.47 Å². The van der Waals surface area contributed by atoms with Crippen molar-refractivity contribution in [2.45, 2.75) is 76.4 Å². The van der Waals surface area contributed by atoms with Gasteiger partial charge in [-0.3, -0.25) is 9.69 Å². The first-order chi connectivity index (χ1) is 16.6. The fourth-order valence-electron chi connectivity index (χ4n) is 6.28. The zero-order valence-corrected chi connectivity index (χ0v) is 21.3. The summed E-state index contributed by atoms with van der Waals surface area (Å²) in [5.74, 6) is 0.620. The van der Waals surface area contributed by atoms with Crippen LogP contribution >= 0.6 is 0 Å². The number of hydrogen-bond donors (Lipinski definition) is 0. The maximum Gasteiger partial charge on any atom is 0.410 e. The number of carbonyl (C=O) groups excluding carboxylic acids is 2. The lowest BCUT2D eigenvalue weighted by Crippen LogP contribution is -2.49. The van der Waals surface area contributed by atoms with Crippen LogP contribution in [0.15, 0.2) is 0 Å². The van der Waals surface area contributed by atoms with E-state index >= 15 is 0 Å². The number of hydrogen-bond acceptors (Lipinski definition) is 7. The molecule has 0 aromatic rings. The highest BCUT2D eigenvalue weighted by atomic mass is 16.6. The van der Waals surface area contributed by atoms with Gasteiger partial charge in [-0.15, -0.1) is 0 Å².